The molecule has 1 aromatic carbocycles. The predicted octanol–water partition coefficient (Wildman–Crippen LogP) is 3.49. The van der Waals surface area contributed by atoms with Gasteiger partial charge in [0, 0.05) is 43.0 Å². The summed E-state index contributed by atoms with van der Waals surface area (Å²) in [4.78, 5) is 19.4. The lowest BCUT2D eigenvalue weighted by Crippen LogP contribution is -2.39. The SMILES string of the molecule is COc1cccc(C(=O)N2CCC[C@@H](c3nccn3C(C)C)C2)c1. The smallest absolute Gasteiger partial charge is 0.254 e. The maximum Gasteiger partial charge on any atom is 0.254 e. The van der Waals surface area contributed by atoms with Crippen LogP contribution in [0, 0.1) is 0 Å². The number of benzene rings is 1. The van der Waals surface area contributed by atoms with Gasteiger partial charge in [-0.3, -0.25) is 4.79 Å². The van der Waals surface area contributed by atoms with Gasteiger partial charge in [-0.1, -0.05) is 6.07 Å². The molecule has 2 aromatic rings. The zero-order chi connectivity index (χ0) is 17.1. The lowest BCUT2D eigenvalue weighted by Gasteiger charge is -2.33. The Morgan fingerprint density at radius 2 is 2.21 bits per heavy atom. The second-order valence-electron chi connectivity index (χ2n) is 6.61. The number of rotatable bonds is 4. The molecule has 0 spiro atoms. The van der Waals surface area contributed by atoms with Crippen LogP contribution in [0.15, 0.2) is 36.7 Å². The van der Waals surface area contributed by atoms with Crippen LogP contribution < -0.4 is 4.74 Å². The van der Waals surface area contributed by atoms with Crippen LogP contribution in [0.2, 0.25) is 0 Å². The summed E-state index contributed by atoms with van der Waals surface area (Å²) in [6.45, 7) is 5.84. The average molecular weight is 327 g/mol. The van der Waals surface area contributed by atoms with Crippen LogP contribution in [0.1, 0.15) is 54.8 Å². The number of hydrogen-bond acceptors (Lipinski definition) is 3. The summed E-state index contributed by atoms with van der Waals surface area (Å²) in [5.74, 6) is 2.17. The molecule has 3 rings (SSSR count). The van der Waals surface area contributed by atoms with E-state index in [9.17, 15) is 4.79 Å². The Kier molecular flexibility index (Phi) is 4.88. The summed E-state index contributed by atoms with van der Waals surface area (Å²) in [6, 6.07) is 7.76. The molecule has 1 saturated heterocycles. The van der Waals surface area contributed by atoms with Crippen molar-refractivity contribution < 1.29 is 9.53 Å². The molecule has 1 fully saturated rings. The molecule has 0 aliphatic carbocycles. The molecule has 1 aromatic heterocycles. The second kappa shape index (κ2) is 7.07. The highest BCUT2D eigenvalue weighted by Gasteiger charge is 2.28. The Morgan fingerprint density at radius 1 is 1.38 bits per heavy atom. The molecular weight excluding hydrogens is 302 g/mol. The minimum atomic E-state index is 0.0706. The number of carbonyl (C=O) groups excluding carboxylic acids is 1. The van der Waals surface area contributed by atoms with Crippen molar-refractivity contribution >= 4 is 5.91 Å². The summed E-state index contributed by atoms with van der Waals surface area (Å²) in [5, 5.41) is 0. The van der Waals surface area contributed by atoms with Crippen molar-refractivity contribution in [1.29, 1.82) is 0 Å². The van der Waals surface area contributed by atoms with Crippen LogP contribution in [0.4, 0.5) is 0 Å². The molecular formula is C19H25N3O2. The molecule has 128 valence electrons. The Morgan fingerprint density at radius 3 is 2.96 bits per heavy atom. The van der Waals surface area contributed by atoms with E-state index in [0.29, 0.717) is 23.3 Å². The van der Waals surface area contributed by atoms with Crippen LogP contribution in [-0.2, 0) is 0 Å². The van der Waals surface area contributed by atoms with E-state index < -0.39 is 0 Å². The highest BCUT2D eigenvalue weighted by Crippen LogP contribution is 2.28. The van der Waals surface area contributed by atoms with E-state index in [1.165, 1.54) is 0 Å². The third kappa shape index (κ3) is 3.30. The fraction of sp³-hybridized carbons (Fsp3) is 0.474. The molecule has 0 bridgehead atoms. The van der Waals surface area contributed by atoms with E-state index >= 15 is 0 Å². The van der Waals surface area contributed by atoms with Gasteiger partial charge in [-0.15, -0.1) is 0 Å². The van der Waals surface area contributed by atoms with Crippen molar-refractivity contribution in [2.75, 3.05) is 20.2 Å². The Labute approximate surface area is 143 Å². The first-order valence-corrected chi connectivity index (χ1v) is 8.56. The van der Waals surface area contributed by atoms with Gasteiger partial charge in [-0.25, -0.2) is 4.98 Å². The largest absolute Gasteiger partial charge is 0.497 e. The second-order valence-corrected chi connectivity index (χ2v) is 6.61. The summed E-state index contributed by atoms with van der Waals surface area (Å²) in [6.07, 6.45) is 5.97. The highest BCUT2D eigenvalue weighted by atomic mass is 16.5. The van der Waals surface area contributed by atoms with E-state index in [1.807, 2.05) is 35.5 Å². The third-order valence-corrected chi connectivity index (χ3v) is 4.65. The molecule has 0 N–H and O–H groups in total. The van der Waals surface area contributed by atoms with E-state index in [1.54, 1.807) is 13.2 Å². The lowest BCUT2D eigenvalue weighted by atomic mass is 9.96. The van der Waals surface area contributed by atoms with Crippen LogP contribution in [-0.4, -0.2) is 40.6 Å². The van der Waals surface area contributed by atoms with Crippen molar-refractivity contribution in [2.24, 2.45) is 0 Å². The molecule has 5 heteroatoms. The van der Waals surface area contributed by atoms with E-state index in [-0.39, 0.29) is 5.91 Å². The average Bonchev–Trinajstić information content (AvgIpc) is 3.11. The summed E-state index contributed by atoms with van der Waals surface area (Å²) >= 11 is 0. The predicted molar refractivity (Wildman–Crippen MR) is 93.5 cm³/mol. The lowest BCUT2D eigenvalue weighted by molar-refractivity contribution is 0.0702. The molecule has 2 heterocycles. The maximum atomic E-state index is 12.8. The van der Waals surface area contributed by atoms with Crippen molar-refractivity contribution in [1.82, 2.24) is 14.5 Å². The standard InChI is InChI=1S/C19H25N3O2/c1-14(2)22-11-9-20-18(22)16-7-5-10-21(13-16)19(23)15-6-4-8-17(12-15)24-3/h4,6,8-9,11-12,14,16H,5,7,10,13H2,1-3H3/t16-/m1/s1. The van der Waals surface area contributed by atoms with Gasteiger partial charge in [-0.2, -0.15) is 0 Å². The van der Waals surface area contributed by atoms with Gasteiger partial charge in [0.1, 0.15) is 11.6 Å². The first-order chi connectivity index (χ1) is 11.6. The fourth-order valence-electron chi connectivity index (χ4n) is 3.39. The maximum absolute atomic E-state index is 12.8. The van der Waals surface area contributed by atoms with Gasteiger partial charge in [0.15, 0.2) is 0 Å². The van der Waals surface area contributed by atoms with Crippen LogP contribution in [0.3, 0.4) is 0 Å². The molecule has 0 saturated carbocycles. The number of methoxy groups -OCH3 is 1. The molecule has 1 aliphatic heterocycles. The Bertz CT molecular complexity index is 708. The van der Waals surface area contributed by atoms with Crippen molar-refractivity contribution in [3.8, 4) is 5.75 Å². The molecule has 1 amide bonds. The molecule has 1 atom stereocenters. The normalized spacial score (nSPS) is 18.0. The first kappa shape index (κ1) is 16.6. The van der Waals surface area contributed by atoms with Crippen molar-refractivity contribution in [2.45, 2.75) is 38.6 Å². The number of likely N-dealkylation sites (tertiary alicyclic amines) is 1. The highest BCUT2D eigenvalue weighted by molar-refractivity contribution is 5.94. The number of ether oxygens (including phenoxy) is 1. The summed E-state index contributed by atoms with van der Waals surface area (Å²) in [7, 11) is 1.62. The quantitative estimate of drug-likeness (QED) is 0.863. The molecule has 24 heavy (non-hydrogen) atoms. The van der Waals surface area contributed by atoms with E-state index in [0.717, 1.165) is 31.8 Å². The first-order valence-electron chi connectivity index (χ1n) is 8.56. The zero-order valence-electron chi connectivity index (χ0n) is 14.6. The van der Waals surface area contributed by atoms with E-state index in [2.05, 4.69) is 23.4 Å². The van der Waals surface area contributed by atoms with Gasteiger partial charge in [0.25, 0.3) is 5.91 Å². The van der Waals surface area contributed by atoms with Gasteiger partial charge in [0.05, 0.1) is 7.11 Å². The van der Waals surface area contributed by atoms with Gasteiger partial charge < -0.3 is 14.2 Å². The molecule has 1 aliphatic rings. The summed E-state index contributed by atoms with van der Waals surface area (Å²) < 4.78 is 7.44. The van der Waals surface area contributed by atoms with Crippen LogP contribution >= 0.6 is 0 Å². The fourth-order valence-corrected chi connectivity index (χ4v) is 3.39. The number of piperidine rings is 1. The number of aromatic nitrogens is 2. The minimum Gasteiger partial charge on any atom is -0.497 e. The monoisotopic (exact) mass is 327 g/mol. The van der Waals surface area contributed by atoms with Gasteiger partial charge in [0.2, 0.25) is 0 Å². The molecule has 0 radical (unpaired) electrons. The van der Waals surface area contributed by atoms with Gasteiger partial charge in [-0.05, 0) is 44.9 Å². The topological polar surface area (TPSA) is 47.4 Å². The van der Waals surface area contributed by atoms with Crippen LogP contribution in [0.25, 0.3) is 0 Å². The number of imidazole rings is 1. The number of amides is 1. The molecule has 0 unspecified atom stereocenters. The Hall–Kier alpha value is -2.30. The minimum absolute atomic E-state index is 0.0706. The number of carbonyl (C=O) groups is 1. The molecule has 5 nitrogen and oxygen atoms in total. The number of nitrogens with zero attached hydrogens (tertiary/aromatic N) is 3. The summed E-state index contributed by atoms with van der Waals surface area (Å²) in [5.41, 5.74) is 0.683. The zero-order valence-corrected chi connectivity index (χ0v) is 14.6. The number of hydrogen-bond donors (Lipinski definition) is 0. The van der Waals surface area contributed by atoms with Gasteiger partial charge >= 0.3 is 0 Å². The Balaban J connectivity index is 1.77. The van der Waals surface area contributed by atoms with Crippen molar-refractivity contribution in [3.63, 3.8) is 0 Å². The van der Waals surface area contributed by atoms with Crippen LogP contribution in [0.5, 0.6) is 5.75 Å². The van der Waals surface area contributed by atoms with E-state index in [4.69, 9.17) is 4.74 Å². The third-order valence-electron chi connectivity index (χ3n) is 4.65. The van der Waals surface area contributed by atoms with Crippen molar-refractivity contribution in [3.05, 3.63) is 48.0 Å².